The molecule has 1 amide bonds. The minimum Gasteiger partial charge on any atom is -0.465 e. The van der Waals surface area contributed by atoms with Gasteiger partial charge in [0.15, 0.2) is 0 Å². The van der Waals surface area contributed by atoms with Crippen LogP contribution in [0.4, 0.5) is 0 Å². The first-order chi connectivity index (χ1) is 13.5. The molecule has 0 aromatic heterocycles. The highest BCUT2D eigenvalue weighted by molar-refractivity contribution is 5.96. The summed E-state index contributed by atoms with van der Waals surface area (Å²) in [7, 11) is 1.31. The lowest BCUT2D eigenvalue weighted by molar-refractivity contribution is -0.0680. The summed E-state index contributed by atoms with van der Waals surface area (Å²) in [4.78, 5) is 24.1. The normalized spacial score (nSPS) is 16.8. The predicted octanol–water partition coefficient (Wildman–Crippen LogP) is 2.52. The van der Waals surface area contributed by atoms with Gasteiger partial charge in [-0.05, 0) is 48.6 Å². The Bertz CT molecular complexity index is 799. The minimum absolute atomic E-state index is 0.00866. The topological polar surface area (TPSA) is 84.9 Å². The third kappa shape index (κ3) is 4.40. The number of carbonyl (C=O) groups is 2. The van der Waals surface area contributed by atoms with Gasteiger partial charge < -0.3 is 19.9 Å². The van der Waals surface area contributed by atoms with Crippen molar-refractivity contribution in [2.75, 3.05) is 26.9 Å². The van der Waals surface area contributed by atoms with E-state index in [-0.39, 0.29) is 18.4 Å². The monoisotopic (exact) mass is 383 g/mol. The van der Waals surface area contributed by atoms with E-state index in [9.17, 15) is 14.7 Å². The van der Waals surface area contributed by atoms with Gasteiger partial charge in [-0.2, -0.15) is 0 Å². The number of amides is 1. The number of hydrogen-bond donors (Lipinski definition) is 2. The predicted molar refractivity (Wildman–Crippen MR) is 104 cm³/mol. The van der Waals surface area contributed by atoms with Crippen LogP contribution in [-0.2, 0) is 15.1 Å². The fraction of sp³-hybridized carbons (Fsp3) is 0.364. The number of methoxy groups -OCH3 is 1. The number of benzene rings is 2. The summed E-state index contributed by atoms with van der Waals surface area (Å²) >= 11 is 0. The van der Waals surface area contributed by atoms with Crippen molar-refractivity contribution in [2.45, 2.75) is 18.4 Å². The molecule has 0 saturated carbocycles. The summed E-state index contributed by atoms with van der Waals surface area (Å²) in [5, 5.41) is 14.4. The maximum absolute atomic E-state index is 12.6. The minimum atomic E-state index is -1.17. The third-order valence-electron chi connectivity index (χ3n) is 5.26. The molecule has 0 unspecified atom stereocenters. The van der Waals surface area contributed by atoms with Crippen LogP contribution in [0, 0.1) is 5.92 Å². The summed E-state index contributed by atoms with van der Waals surface area (Å²) < 4.78 is 10.1. The van der Waals surface area contributed by atoms with E-state index in [1.807, 2.05) is 30.3 Å². The molecular formula is C22H25NO5. The number of hydrogen-bond acceptors (Lipinski definition) is 5. The molecule has 3 rings (SSSR count). The van der Waals surface area contributed by atoms with Gasteiger partial charge in [0.1, 0.15) is 5.60 Å². The van der Waals surface area contributed by atoms with Gasteiger partial charge in [0.2, 0.25) is 0 Å². The van der Waals surface area contributed by atoms with Gasteiger partial charge in [-0.15, -0.1) is 0 Å². The van der Waals surface area contributed by atoms with Crippen molar-refractivity contribution in [3.8, 4) is 0 Å². The van der Waals surface area contributed by atoms with Crippen molar-refractivity contribution in [3.63, 3.8) is 0 Å². The largest absolute Gasteiger partial charge is 0.465 e. The average molecular weight is 383 g/mol. The first-order valence-electron chi connectivity index (χ1n) is 9.37. The highest BCUT2D eigenvalue weighted by Crippen LogP contribution is 2.35. The molecular weight excluding hydrogens is 358 g/mol. The molecule has 2 aromatic rings. The van der Waals surface area contributed by atoms with Crippen LogP contribution in [0.3, 0.4) is 0 Å². The van der Waals surface area contributed by atoms with Gasteiger partial charge in [0.25, 0.3) is 5.91 Å². The Kier molecular flexibility index (Phi) is 6.44. The molecule has 2 N–H and O–H groups in total. The Morgan fingerprint density at radius 3 is 2.29 bits per heavy atom. The second kappa shape index (κ2) is 8.99. The molecule has 1 aliphatic heterocycles. The van der Waals surface area contributed by atoms with Gasteiger partial charge >= 0.3 is 5.97 Å². The van der Waals surface area contributed by atoms with Crippen molar-refractivity contribution < 1.29 is 24.2 Å². The summed E-state index contributed by atoms with van der Waals surface area (Å²) in [6, 6.07) is 15.6. The second-order valence-corrected chi connectivity index (χ2v) is 6.93. The summed E-state index contributed by atoms with van der Waals surface area (Å²) in [6.07, 6.45) is 1.46. The Hall–Kier alpha value is -2.70. The fourth-order valence-corrected chi connectivity index (χ4v) is 3.58. The molecule has 1 heterocycles. The summed E-state index contributed by atoms with van der Waals surface area (Å²) in [5.41, 5.74) is 0.396. The third-order valence-corrected chi connectivity index (χ3v) is 5.26. The highest BCUT2D eigenvalue weighted by Gasteiger charge is 2.39. The summed E-state index contributed by atoms with van der Waals surface area (Å²) in [5.74, 6) is -0.770. The molecule has 1 atom stereocenters. The molecule has 1 fully saturated rings. The first-order valence-corrected chi connectivity index (χ1v) is 9.37. The van der Waals surface area contributed by atoms with Crippen molar-refractivity contribution in [2.24, 2.45) is 5.92 Å². The number of esters is 1. The Morgan fingerprint density at radius 1 is 1.07 bits per heavy atom. The zero-order valence-electron chi connectivity index (χ0n) is 15.9. The average Bonchev–Trinajstić information content (AvgIpc) is 2.78. The van der Waals surface area contributed by atoms with Crippen LogP contribution in [0.15, 0.2) is 54.6 Å². The lowest BCUT2D eigenvalue weighted by atomic mass is 9.77. The van der Waals surface area contributed by atoms with E-state index in [1.165, 1.54) is 7.11 Å². The zero-order valence-corrected chi connectivity index (χ0v) is 15.9. The molecule has 0 radical (unpaired) electrons. The van der Waals surface area contributed by atoms with Gasteiger partial charge in [0.05, 0.1) is 19.2 Å². The maximum atomic E-state index is 12.6. The Morgan fingerprint density at radius 2 is 1.68 bits per heavy atom. The van der Waals surface area contributed by atoms with Crippen LogP contribution < -0.4 is 5.32 Å². The number of rotatable bonds is 6. The van der Waals surface area contributed by atoms with Gasteiger partial charge in [0, 0.05) is 18.8 Å². The second-order valence-electron chi connectivity index (χ2n) is 6.93. The van der Waals surface area contributed by atoms with Crippen LogP contribution in [0.25, 0.3) is 0 Å². The van der Waals surface area contributed by atoms with Gasteiger partial charge in [-0.3, -0.25) is 4.79 Å². The van der Waals surface area contributed by atoms with Crippen molar-refractivity contribution in [3.05, 3.63) is 71.3 Å². The molecule has 1 aliphatic rings. The zero-order chi connectivity index (χ0) is 20.0. The van der Waals surface area contributed by atoms with Crippen molar-refractivity contribution in [1.82, 2.24) is 5.32 Å². The lowest BCUT2D eigenvalue weighted by Crippen LogP contribution is -2.47. The molecule has 6 heteroatoms. The number of aliphatic hydroxyl groups is 1. The van der Waals surface area contributed by atoms with Gasteiger partial charge in [-0.1, -0.05) is 30.3 Å². The lowest BCUT2D eigenvalue weighted by Gasteiger charge is -2.39. The number of carbonyl (C=O) groups excluding carboxylic acids is 2. The summed E-state index contributed by atoms with van der Waals surface area (Å²) in [6.45, 7) is 1.30. The molecule has 1 saturated heterocycles. The van der Waals surface area contributed by atoms with Crippen LogP contribution >= 0.6 is 0 Å². The van der Waals surface area contributed by atoms with E-state index in [2.05, 4.69) is 10.1 Å². The van der Waals surface area contributed by atoms with E-state index in [1.54, 1.807) is 24.3 Å². The first kappa shape index (κ1) is 20.0. The standard InChI is InChI=1S/C22H25NO5/c1-27-21(25)17-9-7-16(8-10-17)20(24)23-15-22(26,18-5-3-2-4-6-18)19-11-13-28-14-12-19/h2-10,19,26H,11-15H2,1H3,(H,23,24)/t22-/m1/s1. The number of ether oxygens (including phenoxy) is 2. The van der Waals surface area contributed by atoms with Crippen LogP contribution in [0.2, 0.25) is 0 Å². The van der Waals surface area contributed by atoms with Crippen molar-refractivity contribution in [1.29, 1.82) is 0 Å². The smallest absolute Gasteiger partial charge is 0.337 e. The van der Waals surface area contributed by atoms with E-state index >= 15 is 0 Å². The SMILES string of the molecule is COC(=O)c1ccc(C(=O)NC[C@@](O)(c2ccccc2)C2CCOCC2)cc1. The Balaban J connectivity index is 1.74. The molecule has 0 bridgehead atoms. The van der Waals surface area contributed by atoms with E-state index in [0.29, 0.717) is 24.3 Å². The highest BCUT2D eigenvalue weighted by atomic mass is 16.5. The van der Waals surface area contributed by atoms with Crippen molar-refractivity contribution >= 4 is 11.9 Å². The molecule has 0 spiro atoms. The van der Waals surface area contributed by atoms with Crippen LogP contribution in [-0.4, -0.2) is 43.9 Å². The van der Waals surface area contributed by atoms with E-state index < -0.39 is 11.6 Å². The fourth-order valence-electron chi connectivity index (χ4n) is 3.58. The van der Waals surface area contributed by atoms with Crippen LogP contribution in [0.1, 0.15) is 39.1 Å². The van der Waals surface area contributed by atoms with E-state index in [0.717, 1.165) is 18.4 Å². The van der Waals surface area contributed by atoms with Gasteiger partial charge in [-0.25, -0.2) is 4.79 Å². The molecule has 0 aliphatic carbocycles. The molecule has 6 nitrogen and oxygen atoms in total. The number of nitrogens with one attached hydrogen (secondary N) is 1. The molecule has 148 valence electrons. The molecule has 2 aromatic carbocycles. The Labute approximate surface area is 164 Å². The molecule has 28 heavy (non-hydrogen) atoms. The van der Waals surface area contributed by atoms with Crippen LogP contribution in [0.5, 0.6) is 0 Å². The maximum Gasteiger partial charge on any atom is 0.337 e. The quantitative estimate of drug-likeness (QED) is 0.749. The van der Waals surface area contributed by atoms with E-state index in [4.69, 9.17) is 4.74 Å².